The normalized spacial score (nSPS) is 28.7. The summed E-state index contributed by atoms with van der Waals surface area (Å²) in [5.41, 5.74) is -0.0757. The van der Waals surface area contributed by atoms with Gasteiger partial charge in [0.15, 0.2) is 5.16 Å². The number of nitrogens with one attached hydrogen (secondary N) is 2. The van der Waals surface area contributed by atoms with E-state index < -0.39 is 0 Å². The molecule has 5 nitrogen and oxygen atoms in total. The van der Waals surface area contributed by atoms with Gasteiger partial charge in [0.25, 0.3) is 0 Å². The Balaban J connectivity index is 1.88. The van der Waals surface area contributed by atoms with Gasteiger partial charge in [0, 0.05) is 10.8 Å². The molecule has 1 saturated carbocycles. The van der Waals surface area contributed by atoms with Gasteiger partial charge in [0.2, 0.25) is 0 Å². The number of thioether (sulfide) groups is 1. The summed E-state index contributed by atoms with van der Waals surface area (Å²) in [6.07, 6.45) is 5.78. The van der Waals surface area contributed by atoms with E-state index in [9.17, 15) is 5.11 Å². The number of aromatic nitrogens is 3. The smallest absolute Gasteiger partial charge is 0.183 e. The van der Waals surface area contributed by atoms with Crippen molar-refractivity contribution in [2.24, 2.45) is 0 Å². The molecule has 3 N–H and O–H groups in total. The van der Waals surface area contributed by atoms with Crippen molar-refractivity contribution in [2.75, 3.05) is 13.2 Å². The van der Waals surface area contributed by atoms with E-state index in [1.807, 2.05) is 0 Å². The number of hydrogen-bond acceptors (Lipinski definition) is 5. The fraction of sp³-hybridized carbons (Fsp3) is 0.818. The minimum absolute atomic E-state index is 0.0757. The Labute approximate surface area is 106 Å². The highest BCUT2D eigenvalue weighted by atomic mass is 32.2. The first-order valence-electron chi connectivity index (χ1n) is 6.16. The fourth-order valence-corrected chi connectivity index (χ4v) is 3.50. The molecule has 0 aromatic carbocycles. The Hall–Kier alpha value is -0.590. The molecule has 1 aromatic rings. The molecule has 0 aliphatic heterocycles. The summed E-state index contributed by atoms with van der Waals surface area (Å²) in [6, 6.07) is 0. The Morgan fingerprint density at radius 2 is 2.59 bits per heavy atom. The maximum absolute atomic E-state index is 9.58. The molecule has 0 spiro atoms. The number of nitrogens with zero attached hydrogens (tertiary/aromatic N) is 2. The van der Waals surface area contributed by atoms with E-state index in [1.165, 1.54) is 6.33 Å². The van der Waals surface area contributed by atoms with Crippen LogP contribution in [0.25, 0.3) is 0 Å². The summed E-state index contributed by atoms with van der Waals surface area (Å²) in [7, 11) is 0. The fourth-order valence-electron chi connectivity index (χ4n) is 2.34. The molecule has 1 aromatic heterocycles. The second-order valence-electron chi connectivity index (χ2n) is 4.64. The van der Waals surface area contributed by atoms with Crippen molar-refractivity contribution in [3.63, 3.8) is 0 Å². The van der Waals surface area contributed by atoms with E-state index in [4.69, 9.17) is 0 Å². The molecule has 0 saturated heterocycles. The van der Waals surface area contributed by atoms with Gasteiger partial charge in [0.1, 0.15) is 6.33 Å². The highest BCUT2D eigenvalue weighted by Crippen LogP contribution is 2.38. The summed E-state index contributed by atoms with van der Waals surface area (Å²) in [5, 5.41) is 21.2. The van der Waals surface area contributed by atoms with Gasteiger partial charge in [0.05, 0.1) is 6.61 Å². The first-order valence-corrected chi connectivity index (χ1v) is 7.04. The number of rotatable bonds is 6. The minimum atomic E-state index is -0.0757. The lowest BCUT2D eigenvalue weighted by Crippen LogP contribution is -2.46. The number of aromatic amines is 1. The molecule has 2 atom stereocenters. The van der Waals surface area contributed by atoms with Crippen molar-refractivity contribution in [1.82, 2.24) is 20.5 Å². The van der Waals surface area contributed by atoms with Crippen LogP contribution in [-0.2, 0) is 0 Å². The van der Waals surface area contributed by atoms with Gasteiger partial charge in [-0.15, -0.1) is 0 Å². The lowest BCUT2D eigenvalue weighted by atomic mass is 9.99. The van der Waals surface area contributed by atoms with Gasteiger partial charge in [-0.25, -0.2) is 4.98 Å². The second-order valence-corrected chi connectivity index (χ2v) is 5.93. The monoisotopic (exact) mass is 256 g/mol. The van der Waals surface area contributed by atoms with Crippen LogP contribution in [0.2, 0.25) is 0 Å². The van der Waals surface area contributed by atoms with Crippen LogP contribution in [0.5, 0.6) is 0 Å². The van der Waals surface area contributed by atoms with Crippen molar-refractivity contribution < 1.29 is 5.11 Å². The Bertz CT molecular complexity index is 332. The first-order chi connectivity index (χ1) is 8.28. The maximum atomic E-state index is 9.58. The van der Waals surface area contributed by atoms with Crippen LogP contribution in [0.3, 0.4) is 0 Å². The van der Waals surface area contributed by atoms with Crippen molar-refractivity contribution >= 4 is 11.8 Å². The molecule has 0 bridgehead atoms. The number of aliphatic hydroxyl groups excluding tert-OH is 1. The van der Waals surface area contributed by atoms with Gasteiger partial charge in [-0.1, -0.05) is 18.7 Å². The third-order valence-electron chi connectivity index (χ3n) is 3.29. The van der Waals surface area contributed by atoms with Gasteiger partial charge < -0.3 is 10.4 Å². The van der Waals surface area contributed by atoms with Crippen LogP contribution in [0.15, 0.2) is 11.5 Å². The van der Waals surface area contributed by atoms with E-state index in [0.717, 1.165) is 37.4 Å². The summed E-state index contributed by atoms with van der Waals surface area (Å²) >= 11 is 1.73. The summed E-state index contributed by atoms with van der Waals surface area (Å²) in [5.74, 6) is 0. The van der Waals surface area contributed by atoms with Gasteiger partial charge in [-0.2, -0.15) is 5.10 Å². The Kier molecular flexibility index (Phi) is 4.42. The highest BCUT2D eigenvalue weighted by Gasteiger charge is 2.38. The molecular formula is C11H20N4OS. The zero-order chi connectivity index (χ0) is 12.1. The van der Waals surface area contributed by atoms with E-state index in [1.54, 1.807) is 11.8 Å². The van der Waals surface area contributed by atoms with Crippen LogP contribution in [0.1, 0.15) is 32.6 Å². The second kappa shape index (κ2) is 5.84. The molecule has 2 rings (SSSR count). The standard InChI is InChI=1S/C11H20N4OS/c1-2-5-13-11(7-16)4-3-9(6-11)17-10-12-8-14-15-10/h8-9,13,16H,2-7H2,1H3,(H,12,14,15). The molecule has 1 aliphatic carbocycles. The van der Waals surface area contributed by atoms with Gasteiger partial charge >= 0.3 is 0 Å². The number of aliphatic hydroxyl groups is 1. The van der Waals surface area contributed by atoms with Crippen LogP contribution in [0.4, 0.5) is 0 Å². The average Bonchev–Trinajstić information content (AvgIpc) is 2.98. The highest BCUT2D eigenvalue weighted by molar-refractivity contribution is 7.99. The molecule has 1 heterocycles. The zero-order valence-corrected chi connectivity index (χ0v) is 11.0. The predicted molar refractivity (Wildman–Crippen MR) is 68.0 cm³/mol. The van der Waals surface area contributed by atoms with Gasteiger partial charge in [-0.3, -0.25) is 5.10 Å². The summed E-state index contributed by atoms with van der Waals surface area (Å²) in [6.45, 7) is 3.34. The molecule has 17 heavy (non-hydrogen) atoms. The molecule has 6 heteroatoms. The van der Waals surface area contributed by atoms with Crippen molar-refractivity contribution in [2.45, 2.75) is 48.6 Å². The summed E-state index contributed by atoms with van der Waals surface area (Å²) < 4.78 is 0. The molecule has 0 radical (unpaired) electrons. The van der Waals surface area contributed by atoms with E-state index in [-0.39, 0.29) is 12.1 Å². The lowest BCUT2D eigenvalue weighted by Gasteiger charge is -2.28. The molecule has 96 valence electrons. The average molecular weight is 256 g/mol. The topological polar surface area (TPSA) is 73.8 Å². The van der Waals surface area contributed by atoms with E-state index >= 15 is 0 Å². The van der Waals surface area contributed by atoms with Crippen molar-refractivity contribution in [3.05, 3.63) is 6.33 Å². The molecule has 1 fully saturated rings. The van der Waals surface area contributed by atoms with E-state index in [2.05, 4.69) is 27.4 Å². The number of H-pyrrole nitrogens is 1. The Morgan fingerprint density at radius 1 is 1.71 bits per heavy atom. The summed E-state index contributed by atoms with van der Waals surface area (Å²) in [4.78, 5) is 4.13. The quantitative estimate of drug-likeness (QED) is 0.713. The van der Waals surface area contributed by atoms with E-state index in [0.29, 0.717) is 5.25 Å². The zero-order valence-electron chi connectivity index (χ0n) is 10.1. The van der Waals surface area contributed by atoms with Crippen molar-refractivity contribution in [1.29, 1.82) is 0 Å². The van der Waals surface area contributed by atoms with Gasteiger partial charge in [-0.05, 0) is 32.2 Å². The van der Waals surface area contributed by atoms with Crippen LogP contribution in [0, 0.1) is 0 Å². The largest absolute Gasteiger partial charge is 0.394 e. The third-order valence-corrected chi connectivity index (χ3v) is 4.44. The first kappa shape index (κ1) is 12.9. The Morgan fingerprint density at radius 3 is 3.24 bits per heavy atom. The predicted octanol–water partition coefficient (Wildman–Crippen LogP) is 1.18. The van der Waals surface area contributed by atoms with Crippen LogP contribution >= 0.6 is 11.8 Å². The molecular weight excluding hydrogens is 236 g/mol. The third kappa shape index (κ3) is 3.20. The minimum Gasteiger partial charge on any atom is -0.394 e. The SMILES string of the molecule is CCCNC1(CO)CCC(Sc2ncn[nH]2)C1. The lowest BCUT2D eigenvalue weighted by molar-refractivity contribution is 0.165. The maximum Gasteiger partial charge on any atom is 0.183 e. The van der Waals surface area contributed by atoms with Crippen molar-refractivity contribution in [3.8, 4) is 0 Å². The van der Waals surface area contributed by atoms with Crippen LogP contribution < -0.4 is 5.32 Å². The molecule has 1 aliphatic rings. The number of hydrogen-bond donors (Lipinski definition) is 3. The van der Waals surface area contributed by atoms with Crippen LogP contribution in [-0.4, -0.2) is 44.2 Å². The molecule has 2 unspecified atom stereocenters. The molecule has 0 amide bonds.